The van der Waals surface area contributed by atoms with Crippen molar-refractivity contribution in [1.29, 1.82) is 0 Å². The number of hydrogen-bond acceptors (Lipinski definition) is 1. The van der Waals surface area contributed by atoms with Crippen molar-refractivity contribution >= 4 is 21.5 Å². The standard InChI is InChI=1S/C42H40O/c1-4-25-42(26-5-2)38-18-12-11-13-32(38)33-24-21-30(28-39(33)42)41-36-16-9-7-14-34(36)40(35-15-8-10-17-37(35)41)29-19-22-31(23-20-29)43-27-6-3/h7-24,28H,4-6,25-27H2,1-3H3. The van der Waals surface area contributed by atoms with Gasteiger partial charge in [0.2, 0.25) is 0 Å². The van der Waals surface area contributed by atoms with Crippen molar-refractivity contribution in [3.63, 3.8) is 0 Å². The molecule has 0 saturated carbocycles. The second kappa shape index (κ2) is 11.4. The Kier molecular flexibility index (Phi) is 7.27. The molecule has 1 nitrogen and oxygen atoms in total. The molecule has 0 amide bonds. The van der Waals surface area contributed by atoms with Crippen molar-refractivity contribution in [1.82, 2.24) is 0 Å². The summed E-state index contributed by atoms with van der Waals surface area (Å²) in [5.41, 5.74) is 11.1. The van der Waals surface area contributed by atoms with E-state index in [2.05, 4.69) is 136 Å². The van der Waals surface area contributed by atoms with Crippen LogP contribution in [0.1, 0.15) is 64.0 Å². The largest absolute Gasteiger partial charge is 0.494 e. The zero-order valence-corrected chi connectivity index (χ0v) is 25.6. The number of benzene rings is 6. The van der Waals surface area contributed by atoms with E-state index in [9.17, 15) is 0 Å². The van der Waals surface area contributed by atoms with Crippen molar-refractivity contribution in [3.05, 3.63) is 126 Å². The molecule has 0 aliphatic heterocycles. The Balaban J connectivity index is 1.48. The molecule has 7 rings (SSSR count). The third-order valence-electron chi connectivity index (χ3n) is 9.46. The molecule has 214 valence electrons. The molecule has 0 fully saturated rings. The highest BCUT2D eigenvalue weighted by Crippen LogP contribution is 2.55. The van der Waals surface area contributed by atoms with Gasteiger partial charge in [-0.15, -0.1) is 0 Å². The lowest BCUT2D eigenvalue weighted by Crippen LogP contribution is -2.25. The maximum Gasteiger partial charge on any atom is 0.119 e. The fraction of sp³-hybridized carbons (Fsp3) is 0.238. The molecule has 6 aromatic rings. The summed E-state index contributed by atoms with van der Waals surface area (Å²) in [6.07, 6.45) is 5.69. The minimum absolute atomic E-state index is 0.0680. The normalized spacial score (nSPS) is 13.3. The van der Waals surface area contributed by atoms with Gasteiger partial charge in [0, 0.05) is 5.41 Å². The summed E-state index contributed by atoms with van der Waals surface area (Å²) in [5, 5.41) is 5.18. The van der Waals surface area contributed by atoms with Crippen molar-refractivity contribution < 1.29 is 4.74 Å². The van der Waals surface area contributed by atoms with E-state index in [0.717, 1.165) is 18.8 Å². The van der Waals surface area contributed by atoms with Crippen molar-refractivity contribution in [2.45, 2.75) is 58.3 Å². The fourth-order valence-electron chi connectivity index (χ4n) is 7.82. The molecular formula is C42H40O. The first kappa shape index (κ1) is 27.5. The molecule has 43 heavy (non-hydrogen) atoms. The zero-order valence-electron chi connectivity index (χ0n) is 25.6. The summed E-state index contributed by atoms with van der Waals surface area (Å²) in [6, 6.07) is 43.1. The van der Waals surface area contributed by atoms with E-state index in [0.29, 0.717) is 0 Å². The quantitative estimate of drug-likeness (QED) is 0.160. The smallest absolute Gasteiger partial charge is 0.119 e. The Morgan fingerprint density at radius 1 is 0.488 bits per heavy atom. The van der Waals surface area contributed by atoms with Crippen molar-refractivity contribution in [2.24, 2.45) is 0 Å². The van der Waals surface area contributed by atoms with Crippen molar-refractivity contribution in [2.75, 3.05) is 6.61 Å². The maximum absolute atomic E-state index is 5.91. The molecule has 0 spiro atoms. The number of ether oxygens (including phenoxy) is 1. The first-order valence-electron chi connectivity index (χ1n) is 16.1. The van der Waals surface area contributed by atoms with Crippen LogP contribution >= 0.6 is 0 Å². The summed E-state index contributed by atoms with van der Waals surface area (Å²) in [5.74, 6) is 0.928. The van der Waals surface area contributed by atoms with Gasteiger partial charge in [0.05, 0.1) is 6.61 Å². The Labute approximate surface area is 256 Å². The molecule has 1 aliphatic carbocycles. The molecular weight excluding hydrogens is 520 g/mol. The summed E-state index contributed by atoms with van der Waals surface area (Å²) in [7, 11) is 0. The van der Waals surface area contributed by atoms with E-state index < -0.39 is 0 Å². The van der Waals surface area contributed by atoms with Gasteiger partial charge in [0.1, 0.15) is 5.75 Å². The Bertz CT molecular complexity index is 1860. The van der Waals surface area contributed by atoms with Crippen LogP contribution in [0.2, 0.25) is 0 Å². The Morgan fingerprint density at radius 3 is 1.58 bits per heavy atom. The van der Waals surface area contributed by atoms with Gasteiger partial charge in [-0.3, -0.25) is 0 Å². The third-order valence-corrected chi connectivity index (χ3v) is 9.46. The highest BCUT2D eigenvalue weighted by atomic mass is 16.5. The van der Waals surface area contributed by atoms with Crippen LogP contribution in [0.25, 0.3) is 54.9 Å². The van der Waals surface area contributed by atoms with Crippen LogP contribution in [0, 0.1) is 0 Å². The van der Waals surface area contributed by atoms with E-state index in [4.69, 9.17) is 4.74 Å². The van der Waals surface area contributed by atoms with E-state index in [1.807, 2.05) is 0 Å². The summed E-state index contributed by atoms with van der Waals surface area (Å²) in [6.45, 7) is 7.55. The van der Waals surface area contributed by atoms with Gasteiger partial charge >= 0.3 is 0 Å². The minimum Gasteiger partial charge on any atom is -0.494 e. The molecule has 1 heteroatoms. The van der Waals surface area contributed by atoms with Gasteiger partial charge in [0.15, 0.2) is 0 Å². The van der Waals surface area contributed by atoms with Gasteiger partial charge < -0.3 is 4.74 Å². The minimum atomic E-state index is 0.0680. The van der Waals surface area contributed by atoms with E-state index >= 15 is 0 Å². The monoisotopic (exact) mass is 560 g/mol. The molecule has 0 aromatic heterocycles. The highest BCUT2D eigenvalue weighted by Gasteiger charge is 2.41. The molecule has 0 bridgehead atoms. The van der Waals surface area contributed by atoms with Gasteiger partial charge in [-0.25, -0.2) is 0 Å². The maximum atomic E-state index is 5.91. The van der Waals surface area contributed by atoms with Crippen molar-refractivity contribution in [3.8, 4) is 39.1 Å². The molecule has 0 unspecified atom stereocenters. The summed E-state index contributed by atoms with van der Waals surface area (Å²) < 4.78 is 5.91. The topological polar surface area (TPSA) is 9.23 Å². The highest BCUT2D eigenvalue weighted by molar-refractivity contribution is 6.21. The molecule has 0 N–H and O–H groups in total. The van der Waals surface area contributed by atoms with Crippen LogP contribution in [0.5, 0.6) is 5.75 Å². The number of rotatable bonds is 9. The van der Waals surface area contributed by atoms with Crippen LogP contribution in [-0.2, 0) is 5.41 Å². The summed E-state index contributed by atoms with van der Waals surface area (Å²) in [4.78, 5) is 0. The fourth-order valence-corrected chi connectivity index (χ4v) is 7.82. The second-order valence-electron chi connectivity index (χ2n) is 12.1. The number of hydrogen-bond donors (Lipinski definition) is 0. The van der Waals surface area contributed by atoms with E-state index in [1.165, 1.54) is 91.7 Å². The third kappa shape index (κ3) is 4.45. The molecule has 0 saturated heterocycles. The van der Waals surface area contributed by atoms with E-state index in [-0.39, 0.29) is 5.41 Å². The first-order valence-corrected chi connectivity index (χ1v) is 16.1. The first-order chi connectivity index (χ1) is 21.2. The van der Waals surface area contributed by atoms with Gasteiger partial charge in [-0.1, -0.05) is 131 Å². The molecule has 0 radical (unpaired) electrons. The Morgan fingerprint density at radius 2 is 1.00 bits per heavy atom. The van der Waals surface area contributed by atoms with Gasteiger partial charge in [0.25, 0.3) is 0 Å². The second-order valence-corrected chi connectivity index (χ2v) is 12.1. The lowest BCUT2D eigenvalue weighted by atomic mass is 9.71. The molecule has 6 aromatic carbocycles. The zero-order chi connectivity index (χ0) is 29.4. The summed E-state index contributed by atoms with van der Waals surface area (Å²) >= 11 is 0. The number of fused-ring (bicyclic) bond motifs is 5. The lowest BCUT2D eigenvalue weighted by molar-refractivity contribution is 0.317. The van der Waals surface area contributed by atoms with Gasteiger partial charge in [-0.05, 0) is 104 Å². The van der Waals surface area contributed by atoms with Crippen LogP contribution < -0.4 is 4.74 Å². The van der Waals surface area contributed by atoms with Crippen LogP contribution in [0.3, 0.4) is 0 Å². The van der Waals surface area contributed by atoms with Crippen LogP contribution in [-0.4, -0.2) is 6.61 Å². The predicted molar refractivity (Wildman–Crippen MR) is 184 cm³/mol. The van der Waals surface area contributed by atoms with Crippen LogP contribution in [0.15, 0.2) is 115 Å². The predicted octanol–water partition coefficient (Wildman–Crippen LogP) is 12.0. The lowest BCUT2D eigenvalue weighted by Gasteiger charge is -2.32. The molecule has 1 aliphatic rings. The van der Waals surface area contributed by atoms with Crippen LogP contribution in [0.4, 0.5) is 0 Å². The average molecular weight is 561 g/mol. The SMILES string of the molecule is CCCOc1ccc(-c2c3ccccc3c(-c3ccc4c(c3)C(CCC)(CCC)c3ccccc3-4)c3ccccc23)cc1. The average Bonchev–Trinajstić information content (AvgIpc) is 3.32. The van der Waals surface area contributed by atoms with E-state index in [1.54, 1.807) is 0 Å². The Hall–Kier alpha value is -4.36. The van der Waals surface area contributed by atoms with Gasteiger partial charge in [-0.2, -0.15) is 0 Å². The molecule has 0 heterocycles. The molecule has 0 atom stereocenters.